The highest BCUT2D eigenvalue weighted by atomic mass is 35.5. The van der Waals surface area contributed by atoms with Gasteiger partial charge in [0.15, 0.2) is 0 Å². The molecule has 1 saturated heterocycles. The Morgan fingerprint density at radius 3 is 2.60 bits per heavy atom. The first-order chi connectivity index (χ1) is 9.74. The molecule has 0 saturated carbocycles. The Morgan fingerprint density at radius 1 is 1.25 bits per heavy atom. The summed E-state index contributed by atoms with van der Waals surface area (Å²) in [6.07, 6.45) is 0. The number of piperazine rings is 1. The Bertz CT molecular complexity index is 420. The number of anilines is 1. The molecule has 4 nitrogen and oxygen atoms in total. The average Bonchev–Trinajstić information content (AvgIpc) is 2.47. The van der Waals surface area contributed by atoms with Gasteiger partial charge in [-0.15, -0.1) is 0 Å². The van der Waals surface area contributed by atoms with Gasteiger partial charge in [0, 0.05) is 50.0 Å². The predicted octanol–water partition coefficient (Wildman–Crippen LogP) is 1.56. The van der Waals surface area contributed by atoms with E-state index < -0.39 is 0 Å². The van der Waals surface area contributed by atoms with E-state index in [1.165, 1.54) is 5.69 Å². The van der Waals surface area contributed by atoms with Crippen LogP contribution in [-0.2, 0) is 6.54 Å². The number of nitrogens with one attached hydrogen (secondary N) is 1. The van der Waals surface area contributed by atoms with Crippen molar-refractivity contribution in [3.8, 4) is 0 Å². The largest absolute Gasteiger partial charge is 0.395 e. The fraction of sp³-hybridized carbons (Fsp3) is 0.600. The average molecular weight is 298 g/mol. The third-order valence-electron chi connectivity index (χ3n) is 3.76. The van der Waals surface area contributed by atoms with Gasteiger partial charge in [-0.3, -0.25) is 4.90 Å². The Balaban J connectivity index is 1.95. The van der Waals surface area contributed by atoms with Crippen molar-refractivity contribution < 1.29 is 5.11 Å². The molecular weight excluding hydrogens is 274 g/mol. The molecule has 0 radical (unpaired) electrons. The van der Waals surface area contributed by atoms with Gasteiger partial charge in [-0.2, -0.15) is 0 Å². The molecule has 1 aromatic carbocycles. The summed E-state index contributed by atoms with van der Waals surface area (Å²) in [5.41, 5.74) is 2.34. The molecule has 1 aliphatic heterocycles. The number of nitrogens with zero attached hydrogens (tertiary/aromatic N) is 2. The summed E-state index contributed by atoms with van der Waals surface area (Å²) in [7, 11) is 0. The summed E-state index contributed by atoms with van der Waals surface area (Å²) < 4.78 is 0. The van der Waals surface area contributed by atoms with Crippen molar-refractivity contribution in [1.82, 2.24) is 10.2 Å². The summed E-state index contributed by atoms with van der Waals surface area (Å²) in [4.78, 5) is 4.65. The van der Waals surface area contributed by atoms with Crippen LogP contribution in [0.5, 0.6) is 0 Å². The van der Waals surface area contributed by atoms with Gasteiger partial charge < -0.3 is 15.3 Å². The van der Waals surface area contributed by atoms with Crippen molar-refractivity contribution >= 4 is 17.3 Å². The van der Waals surface area contributed by atoms with E-state index in [0.29, 0.717) is 0 Å². The van der Waals surface area contributed by atoms with Crippen molar-refractivity contribution in [1.29, 1.82) is 0 Å². The van der Waals surface area contributed by atoms with Crippen molar-refractivity contribution in [2.24, 2.45) is 0 Å². The van der Waals surface area contributed by atoms with Crippen LogP contribution in [0.25, 0.3) is 0 Å². The van der Waals surface area contributed by atoms with Gasteiger partial charge in [-0.05, 0) is 24.2 Å². The van der Waals surface area contributed by atoms with Crippen LogP contribution in [0.1, 0.15) is 12.5 Å². The smallest absolute Gasteiger partial charge is 0.0558 e. The summed E-state index contributed by atoms with van der Waals surface area (Å²) in [5.74, 6) is 0. The second kappa shape index (κ2) is 7.84. The topological polar surface area (TPSA) is 38.7 Å². The van der Waals surface area contributed by atoms with E-state index in [2.05, 4.69) is 40.2 Å². The van der Waals surface area contributed by atoms with E-state index in [9.17, 15) is 0 Å². The second-order valence-electron chi connectivity index (χ2n) is 5.11. The number of hydrogen-bond donors (Lipinski definition) is 2. The first kappa shape index (κ1) is 15.6. The minimum Gasteiger partial charge on any atom is -0.395 e. The molecule has 0 spiro atoms. The second-order valence-corrected chi connectivity index (χ2v) is 5.52. The molecule has 0 atom stereocenters. The van der Waals surface area contributed by atoms with Crippen molar-refractivity contribution in [3.63, 3.8) is 0 Å². The Hall–Kier alpha value is -0.810. The van der Waals surface area contributed by atoms with Gasteiger partial charge in [0.05, 0.1) is 6.61 Å². The zero-order chi connectivity index (χ0) is 14.4. The molecule has 0 amide bonds. The van der Waals surface area contributed by atoms with Gasteiger partial charge in [-0.1, -0.05) is 24.6 Å². The maximum Gasteiger partial charge on any atom is 0.0558 e. The molecule has 1 heterocycles. The lowest BCUT2D eigenvalue weighted by Gasteiger charge is -2.36. The lowest BCUT2D eigenvalue weighted by atomic mass is 10.1. The molecule has 1 aromatic rings. The van der Waals surface area contributed by atoms with E-state index in [-0.39, 0.29) is 6.61 Å². The van der Waals surface area contributed by atoms with E-state index in [1.807, 2.05) is 0 Å². The number of aliphatic hydroxyl groups is 1. The highest BCUT2D eigenvalue weighted by Crippen LogP contribution is 2.24. The molecule has 2 rings (SSSR count). The number of benzene rings is 1. The van der Waals surface area contributed by atoms with Crippen molar-refractivity contribution in [2.75, 3.05) is 50.8 Å². The summed E-state index contributed by atoms with van der Waals surface area (Å²) in [6, 6.07) is 6.33. The van der Waals surface area contributed by atoms with Crippen LogP contribution in [0.15, 0.2) is 18.2 Å². The molecule has 2 N–H and O–H groups in total. The van der Waals surface area contributed by atoms with Gasteiger partial charge in [-0.25, -0.2) is 0 Å². The normalized spacial score (nSPS) is 16.6. The number of rotatable bonds is 6. The van der Waals surface area contributed by atoms with Crippen LogP contribution in [0.2, 0.25) is 5.02 Å². The van der Waals surface area contributed by atoms with Gasteiger partial charge >= 0.3 is 0 Å². The number of halogens is 1. The van der Waals surface area contributed by atoms with Gasteiger partial charge in [0.25, 0.3) is 0 Å². The quantitative estimate of drug-likeness (QED) is 0.836. The molecule has 112 valence electrons. The lowest BCUT2D eigenvalue weighted by Crippen LogP contribution is -2.47. The summed E-state index contributed by atoms with van der Waals surface area (Å²) in [6.45, 7) is 8.85. The monoisotopic (exact) mass is 297 g/mol. The first-order valence-corrected chi connectivity index (χ1v) is 7.69. The van der Waals surface area contributed by atoms with Crippen LogP contribution in [0, 0.1) is 0 Å². The fourth-order valence-corrected chi connectivity index (χ4v) is 2.75. The molecule has 5 heteroatoms. The summed E-state index contributed by atoms with van der Waals surface area (Å²) in [5, 5.41) is 13.1. The van der Waals surface area contributed by atoms with Gasteiger partial charge in [0.2, 0.25) is 0 Å². The molecule has 20 heavy (non-hydrogen) atoms. The molecule has 0 aromatic heterocycles. The zero-order valence-electron chi connectivity index (χ0n) is 12.1. The minimum absolute atomic E-state index is 0.241. The third kappa shape index (κ3) is 4.09. The van der Waals surface area contributed by atoms with E-state index >= 15 is 0 Å². The van der Waals surface area contributed by atoms with Crippen LogP contribution in [0.4, 0.5) is 5.69 Å². The van der Waals surface area contributed by atoms with E-state index in [4.69, 9.17) is 16.7 Å². The highest BCUT2D eigenvalue weighted by molar-refractivity contribution is 6.31. The first-order valence-electron chi connectivity index (χ1n) is 7.32. The standard InChI is InChI=1S/C15H24ClN3O/c1-2-17-12-13-3-4-14(11-15(13)16)19-7-5-18(6-8-19)9-10-20/h3-4,11,17,20H,2,5-10,12H2,1H3. The van der Waals surface area contributed by atoms with Crippen molar-refractivity contribution in [3.05, 3.63) is 28.8 Å². The van der Waals surface area contributed by atoms with Crippen molar-refractivity contribution in [2.45, 2.75) is 13.5 Å². The van der Waals surface area contributed by atoms with E-state index in [1.54, 1.807) is 0 Å². The fourth-order valence-electron chi connectivity index (χ4n) is 2.51. The highest BCUT2D eigenvalue weighted by Gasteiger charge is 2.17. The third-order valence-corrected chi connectivity index (χ3v) is 4.11. The Morgan fingerprint density at radius 2 is 2.00 bits per heavy atom. The Labute approximate surface area is 126 Å². The minimum atomic E-state index is 0.241. The molecule has 0 aliphatic carbocycles. The van der Waals surface area contributed by atoms with Gasteiger partial charge in [0.1, 0.15) is 0 Å². The van der Waals surface area contributed by atoms with Crippen LogP contribution >= 0.6 is 11.6 Å². The van der Waals surface area contributed by atoms with E-state index in [0.717, 1.165) is 56.4 Å². The molecular formula is C15H24ClN3O. The summed E-state index contributed by atoms with van der Waals surface area (Å²) >= 11 is 6.35. The number of aliphatic hydroxyl groups excluding tert-OH is 1. The predicted molar refractivity (Wildman–Crippen MR) is 84.6 cm³/mol. The van der Waals surface area contributed by atoms with Crippen LogP contribution < -0.4 is 10.2 Å². The maximum atomic E-state index is 8.96. The zero-order valence-corrected chi connectivity index (χ0v) is 12.9. The van der Waals surface area contributed by atoms with Crippen LogP contribution in [0.3, 0.4) is 0 Å². The molecule has 0 unspecified atom stereocenters. The SMILES string of the molecule is CCNCc1ccc(N2CCN(CCO)CC2)cc1Cl. The molecule has 0 bridgehead atoms. The Kier molecular flexibility index (Phi) is 6.10. The number of hydrogen-bond acceptors (Lipinski definition) is 4. The number of β-amino-alcohol motifs (C(OH)–C–C–N with tert-alkyl or cyclic N) is 1. The van der Waals surface area contributed by atoms with Crippen LogP contribution in [-0.4, -0.2) is 55.9 Å². The lowest BCUT2D eigenvalue weighted by molar-refractivity contribution is 0.189. The molecule has 1 fully saturated rings. The maximum absolute atomic E-state index is 8.96. The molecule has 1 aliphatic rings.